The van der Waals surface area contributed by atoms with Gasteiger partial charge in [0.1, 0.15) is 0 Å². The van der Waals surface area contributed by atoms with E-state index in [-0.39, 0.29) is 0 Å². The molecule has 1 saturated heterocycles. The minimum absolute atomic E-state index is 0.654. The number of likely N-dealkylation sites (N-methyl/N-ethyl adjacent to an activating group) is 1. The van der Waals surface area contributed by atoms with Crippen LogP contribution in [0.2, 0.25) is 0 Å². The molecular formula is C13H22BrN3S. The largest absolute Gasteiger partial charge is 0.311 e. The van der Waals surface area contributed by atoms with Crippen LogP contribution < -0.4 is 5.32 Å². The van der Waals surface area contributed by atoms with E-state index in [9.17, 15) is 0 Å². The Morgan fingerprint density at radius 3 is 3.06 bits per heavy atom. The maximum absolute atomic E-state index is 3.60. The molecule has 2 heterocycles. The van der Waals surface area contributed by atoms with Crippen LogP contribution in [-0.2, 0) is 6.54 Å². The molecule has 1 fully saturated rings. The summed E-state index contributed by atoms with van der Waals surface area (Å²) in [5.41, 5.74) is 0. The fourth-order valence-corrected chi connectivity index (χ4v) is 3.91. The summed E-state index contributed by atoms with van der Waals surface area (Å²) in [6.45, 7) is 5.69. The van der Waals surface area contributed by atoms with E-state index in [1.54, 1.807) is 0 Å². The first-order valence-corrected chi connectivity index (χ1v) is 8.09. The van der Waals surface area contributed by atoms with E-state index in [1.807, 2.05) is 11.3 Å². The second-order valence-corrected chi connectivity index (χ2v) is 7.69. The maximum atomic E-state index is 3.60. The molecule has 1 aromatic heterocycles. The molecule has 0 radical (unpaired) electrons. The molecule has 0 aromatic carbocycles. The highest BCUT2D eigenvalue weighted by Crippen LogP contribution is 2.23. The van der Waals surface area contributed by atoms with Gasteiger partial charge in [-0.2, -0.15) is 0 Å². The third-order valence-corrected chi connectivity index (χ3v) is 4.98. The van der Waals surface area contributed by atoms with Gasteiger partial charge in [0.25, 0.3) is 0 Å². The Morgan fingerprint density at radius 2 is 2.39 bits per heavy atom. The molecule has 0 aliphatic carbocycles. The van der Waals surface area contributed by atoms with Gasteiger partial charge in [-0.25, -0.2) is 0 Å². The summed E-state index contributed by atoms with van der Waals surface area (Å²) >= 11 is 5.34. The molecule has 0 amide bonds. The smallest absolute Gasteiger partial charge is 0.0701 e. The molecule has 102 valence electrons. The number of hydrogen-bond donors (Lipinski definition) is 1. The highest BCUT2D eigenvalue weighted by atomic mass is 79.9. The van der Waals surface area contributed by atoms with Crippen LogP contribution in [0.15, 0.2) is 15.9 Å². The molecular weight excluding hydrogens is 310 g/mol. The Labute approximate surface area is 122 Å². The zero-order chi connectivity index (χ0) is 13.0. The van der Waals surface area contributed by atoms with Gasteiger partial charge in [0.2, 0.25) is 0 Å². The van der Waals surface area contributed by atoms with E-state index in [1.165, 1.54) is 28.2 Å². The number of nitrogens with zero attached hydrogens (tertiary/aromatic N) is 2. The zero-order valence-electron chi connectivity index (χ0n) is 11.2. The fourth-order valence-electron chi connectivity index (χ4n) is 2.34. The van der Waals surface area contributed by atoms with E-state index in [2.05, 4.69) is 57.3 Å². The Morgan fingerprint density at radius 1 is 1.56 bits per heavy atom. The van der Waals surface area contributed by atoms with Gasteiger partial charge < -0.3 is 15.1 Å². The van der Waals surface area contributed by atoms with Crippen molar-refractivity contribution < 1.29 is 0 Å². The first-order chi connectivity index (χ1) is 8.63. The molecule has 1 unspecified atom stereocenters. The Balaban J connectivity index is 1.69. The fraction of sp³-hybridized carbons (Fsp3) is 0.692. The average molecular weight is 332 g/mol. The molecule has 0 spiro atoms. The van der Waals surface area contributed by atoms with Crippen LogP contribution in [0.1, 0.15) is 11.3 Å². The first kappa shape index (κ1) is 14.5. The summed E-state index contributed by atoms with van der Waals surface area (Å²) < 4.78 is 1.22. The lowest BCUT2D eigenvalue weighted by Crippen LogP contribution is -2.49. The van der Waals surface area contributed by atoms with Crippen LogP contribution in [-0.4, -0.2) is 56.1 Å². The summed E-state index contributed by atoms with van der Waals surface area (Å²) in [4.78, 5) is 6.25. The monoisotopic (exact) mass is 331 g/mol. The zero-order valence-corrected chi connectivity index (χ0v) is 13.6. The molecule has 1 aromatic rings. The number of nitrogens with one attached hydrogen (secondary N) is 1. The van der Waals surface area contributed by atoms with Gasteiger partial charge in [-0.05, 0) is 55.1 Å². The van der Waals surface area contributed by atoms with Crippen molar-refractivity contribution in [3.05, 3.63) is 20.8 Å². The number of hydrogen-bond acceptors (Lipinski definition) is 4. The highest BCUT2D eigenvalue weighted by Gasteiger charge is 2.16. The molecule has 1 aliphatic rings. The SMILES string of the molecule is CN(CCC1CN(C)CCN1)Cc1ccc(Br)s1. The molecule has 1 N–H and O–H groups in total. The van der Waals surface area contributed by atoms with Crippen molar-refractivity contribution in [2.75, 3.05) is 40.3 Å². The van der Waals surface area contributed by atoms with Gasteiger partial charge in [-0.1, -0.05) is 0 Å². The van der Waals surface area contributed by atoms with E-state index in [0.717, 1.165) is 19.6 Å². The van der Waals surface area contributed by atoms with Crippen molar-refractivity contribution in [1.29, 1.82) is 0 Å². The van der Waals surface area contributed by atoms with Crippen molar-refractivity contribution in [3.63, 3.8) is 0 Å². The lowest BCUT2D eigenvalue weighted by Gasteiger charge is -2.31. The molecule has 2 rings (SSSR count). The lowest BCUT2D eigenvalue weighted by molar-refractivity contribution is 0.213. The van der Waals surface area contributed by atoms with Gasteiger partial charge >= 0.3 is 0 Å². The predicted octanol–water partition coefficient (Wildman–Crippen LogP) is 2.24. The summed E-state index contributed by atoms with van der Waals surface area (Å²) in [5, 5.41) is 3.60. The van der Waals surface area contributed by atoms with Crippen molar-refractivity contribution in [3.8, 4) is 0 Å². The Kier molecular flexibility index (Phi) is 5.63. The van der Waals surface area contributed by atoms with Crippen molar-refractivity contribution in [2.45, 2.75) is 19.0 Å². The number of piperazine rings is 1. The summed E-state index contributed by atoms with van der Waals surface area (Å²) in [7, 11) is 4.42. The minimum Gasteiger partial charge on any atom is -0.311 e. The minimum atomic E-state index is 0.654. The lowest BCUT2D eigenvalue weighted by atomic mass is 10.1. The predicted molar refractivity (Wildman–Crippen MR) is 82.3 cm³/mol. The third kappa shape index (κ3) is 4.63. The highest BCUT2D eigenvalue weighted by molar-refractivity contribution is 9.11. The first-order valence-electron chi connectivity index (χ1n) is 6.48. The normalized spacial score (nSPS) is 21.7. The molecule has 1 atom stereocenters. The van der Waals surface area contributed by atoms with Crippen LogP contribution in [0.25, 0.3) is 0 Å². The van der Waals surface area contributed by atoms with Gasteiger partial charge in [0.15, 0.2) is 0 Å². The van der Waals surface area contributed by atoms with Gasteiger partial charge in [-0.3, -0.25) is 0 Å². The van der Waals surface area contributed by atoms with Crippen LogP contribution in [0.5, 0.6) is 0 Å². The molecule has 18 heavy (non-hydrogen) atoms. The van der Waals surface area contributed by atoms with E-state index >= 15 is 0 Å². The average Bonchev–Trinajstić information content (AvgIpc) is 2.72. The molecule has 0 saturated carbocycles. The van der Waals surface area contributed by atoms with E-state index < -0.39 is 0 Å². The standard InChI is InChI=1S/C13H22BrN3S/c1-16(10-12-3-4-13(14)18-12)7-5-11-9-17(2)8-6-15-11/h3-4,11,15H,5-10H2,1-2H3. The molecule has 3 nitrogen and oxygen atoms in total. The number of thiophene rings is 1. The van der Waals surface area contributed by atoms with Crippen LogP contribution in [0.4, 0.5) is 0 Å². The summed E-state index contributed by atoms with van der Waals surface area (Å²) in [6.07, 6.45) is 1.23. The van der Waals surface area contributed by atoms with Gasteiger partial charge in [0.05, 0.1) is 3.79 Å². The van der Waals surface area contributed by atoms with Crippen molar-refractivity contribution >= 4 is 27.3 Å². The van der Waals surface area contributed by atoms with E-state index in [0.29, 0.717) is 6.04 Å². The maximum Gasteiger partial charge on any atom is 0.0701 e. The van der Waals surface area contributed by atoms with Crippen LogP contribution in [0.3, 0.4) is 0 Å². The second kappa shape index (κ2) is 7.01. The van der Waals surface area contributed by atoms with Gasteiger partial charge in [-0.15, -0.1) is 11.3 Å². The van der Waals surface area contributed by atoms with Crippen molar-refractivity contribution in [1.82, 2.24) is 15.1 Å². The van der Waals surface area contributed by atoms with Crippen LogP contribution >= 0.6 is 27.3 Å². The quantitative estimate of drug-likeness (QED) is 0.892. The van der Waals surface area contributed by atoms with E-state index in [4.69, 9.17) is 0 Å². The molecule has 1 aliphatic heterocycles. The second-order valence-electron chi connectivity index (χ2n) is 5.15. The number of rotatable bonds is 5. The Bertz CT molecular complexity index is 369. The van der Waals surface area contributed by atoms with Gasteiger partial charge in [0, 0.05) is 37.1 Å². The number of halogens is 1. The summed E-state index contributed by atoms with van der Waals surface area (Å²) in [5.74, 6) is 0. The topological polar surface area (TPSA) is 18.5 Å². The Hall–Kier alpha value is 0.0600. The molecule has 0 bridgehead atoms. The van der Waals surface area contributed by atoms with Crippen molar-refractivity contribution in [2.24, 2.45) is 0 Å². The summed E-state index contributed by atoms with van der Waals surface area (Å²) in [6, 6.07) is 4.99. The third-order valence-electron chi connectivity index (χ3n) is 3.37. The molecule has 5 heteroatoms. The van der Waals surface area contributed by atoms with Crippen LogP contribution in [0, 0.1) is 0 Å².